The van der Waals surface area contributed by atoms with Crippen LogP contribution in [0.1, 0.15) is 5.82 Å². The van der Waals surface area contributed by atoms with Crippen LogP contribution in [-0.2, 0) is 26.9 Å². The van der Waals surface area contributed by atoms with Crippen LogP contribution in [0.25, 0.3) is 11.0 Å². The predicted octanol–water partition coefficient (Wildman–Crippen LogP) is 2.23. The number of benzene rings is 2. The molecule has 0 spiro atoms. The molecule has 1 aromatic heterocycles. The van der Waals surface area contributed by atoms with Crippen LogP contribution in [0, 0.1) is 0 Å². The summed E-state index contributed by atoms with van der Waals surface area (Å²) in [5.74, 6) is 0.354. The fraction of sp³-hybridized carbons (Fsp3) is 0.222. The Kier molecular flexibility index (Phi) is 4.94. The summed E-state index contributed by atoms with van der Waals surface area (Å²) < 4.78 is 30.3. The molecule has 1 heterocycles. The van der Waals surface area contributed by atoms with Crippen molar-refractivity contribution in [3.05, 3.63) is 54.4 Å². The lowest BCUT2D eigenvalue weighted by Crippen LogP contribution is -2.21. The number of rotatable bonds is 6. The predicted molar refractivity (Wildman–Crippen MR) is 99.9 cm³/mol. The summed E-state index contributed by atoms with van der Waals surface area (Å²) >= 11 is 0. The van der Waals surface area contributed by atoms with Gasteiger partial charge in [0.2, 0.25) is 5.91 Å². The highest BCUT2D eigenvalue weighted by molar-refractivity contribution is 7.89. The molecule has 0 aliphatic carbocycles. The molecular weight excluding hydrogens is 354 g/mol. The molecule has 0 atom stereocenters. The van der Waals surface area contributed by atoms with Crippen LogP contribution >= 0.6 is 0 Å². The molecule has 2 aromatic carbocycles. The molecule has 0 aliphatic rings. The number of para-hydroxylation sites is 4. The molecule has 0 fully saturated rings. The fourth-order valence-corrected chi connectivity index (χ4v) is 3.42. The van der Waals surface area contributed by atoms with E-state index < -0.39 is 9.84 Å². The van der Waals surface area contributed by atoms with Crippen molar-refractivity contribution < 1.29 is 17.9 Å². The zero-order chi connectivity index (χ0) is 18.7. The minimum Gasteiger partial charge on any atom is -0.495 e. The minimum atomic E-state index is -3.29. The van der Waals surface area contributed by atoms with Crippen molar-refractivity contribution in [2.75, 3.05) is 18.7 Å². The van der Waals surface area contributed by atoms with E-state index in [1.807, 2.05) is 24.3 Å². The Morgan fingerprint density at radius 1 is 1.15 bits per heavy atom. The van der Waals surface area contributed by atoms with Crippen molar-refractivity contribution in [1.82, 2.24) is 9.55 Å². The summed E-state index contributed by atoms with van der Waals surface area (Å²) in [5, 5.41) is 2.79. The number of anilines is 1. The van der Waals surface area contributed by atoms with Gasteiger partial charge < -0.3 is 14.6 Å². The summed E-state index contributed by atoms with van der Waals surface area (Å²) in [6, 6.07) is 14.3. The second-order valence-electron chi connectivity index (χ2n) is 5.92. The lowest BCUT2D eigenvalue weighted by atomic mass is 10.3. The Bertz CT molecular complexity index is 1060. The van der Waals surface area contributed by atoms with Gasteiger partial charge in [-0.1, -0.05) is 24.3 Å². The van der Waals surface area contributed by atoms with Gasteiger partial charge in [0, 0.05) is 6.26 Å². The van der Waals surface area contributed by atoms with Gasteiger partial charge in [-0.05, 0) is 24.3 Å². The summed E-state index contributed by atoms with van der Waals surface area (Å²) in [6.45, 7) is -0.0522. The van der Waals surface area contributed by atoms with E-state index in [0.717, 1.165) is 6.26 Å². The number of fused-ring (bicyclic) bond motifs is 1. The number of hydrogen-bond acceptors (Lipinski definition) is 5. The van der Waals surface area contributed by atoms with Crippen LogP contribution in [0.3, 0.4) is 0 Å². The number of nitrogens with zero attached hydrogens (tertiary/aromatic N) is 2. The van der Waals surface area contributed by atoms with Gasteiger partial charge in [-0.15, -0.1) is 0 Å². The smallest absolute Gasteiger partial charge is 0.244 e. The number of nitrogens with one attached hydrogen (secondary N) is 1. The zero-order valence-electron chi connectivity index (χ0n) is 14.5. The number of imidazole rings is 1. The van der Waals surface area contributed by atoms with Crippen molar-refractivity contribution >= 4 is 32.5 Å². The average molecular weight is 373 g/mol. The van der Waals surface area contributed by atoms with Crippen molar-refractivity contribution in [3.63, 3.8) is 0 Å². The summed E-state index contributed by atoms with van der Waals surface area (Å²) in [5.41, 5.74) is 1.91. The first-order chi connectivity index (χ1) is 12.4. The normalized spacial score (nSPS) is 11.5. The van der Waals surface area contributed by atoms with E-state index in [0.29, 0.717) is 28.3 Å². The number of hydrogen-bond donors (Lipinski definition) is 1. The highest BCUT2D eigenvalue weighted by atomic mass is 32.2. The first-order valence-corrected chi connectivity index (χ1v) is 9.98. The number of carbonyl (C=O) groups excluding carboxylic acids is 1. The molecule has 1 amide bonds. The van der Waals surface area contributed by atoms with Crippen molar-refractivity contribution in [1.29, 1.82) is 0 Å². The standard InChI is InChI=1S/C18H19N3O4S/c1-25-16-10-6-4-8-14(16)20-18(22)11-21-15-9-5-3-7-13(15)19-17(21)12-26(2,23)24/h3-10H,11-12H2,1-2H3,(H,20,22). The summed E-state index contributed by atoms with van der Waals surface area (Å²) in [4.78, 5) is 16.9. The number of sulfone groups is 1. The van der Waals surface area contributed by atoms with Crippen LogP contribution < -0.4 is 10.1 Å². The molecule has 26 heavy (non-hydrogen) atoms. The monoisotopic (exact) mass is 373 g/mol. The molecule has 0 radical (unpaired) electrons. The van der Waals surface area contributed by atoms with Gasteiger partial charge in [-0.3, -0.25) is 4.79 Å². The largest absolute Gasteiger partial charge is 0.495 e. The maximum Gasteiger partial charge on any atom is 0.244 e. The first kappa shape index (κ1) is 17.9. The van der Waals surface area contributed by atoms with Crippen molar-refractivity contribution in [2.24, 2.45) is 0 Å². The third-order valence-corrected chi connectivity index (χ3v) is 4.59. The molecule has 0 saturated heterocycles. The molecule has 0 bridgehead atoms. The van der Waals surface area contributed by atoms with Crippen molar-refractivity contribution in [2.45, 2.75) is 12.3 Å². The number of carbonyl (C=O) groups is 1. The molecule has 7 nitrogen and oxygen atoms in total. The number of methoxy groups -OCH3 is 1. The first-order valence-electron chi connectivity index (χ1n) is 7.92. The van der Waals surface area contributed by atoms with Gasteiger partial charge >= 0.3 is 0 Å². The Balaban J connectivity index is 1.92. The number of ether oxygens (including phenoxy) is 1. The van der Waals surface area contributed by atoms with Crippen LogP contribution in [0.5, 0.6) is 5.75 Å². The molecule has 0 unspecified atom stereocenters. The van der Waals surface area contributed by atoms with E-state index in [1.54, 1.807) is 28.8 Å². The summed E-state index contributed by atoms with van der Waals surface area (Å²) in [7, 11) is -1.76. The van der Waals surface area contributed by atoms with Gasteiger partial charge in [0.1, 0.15) is 23.9 Å². The zero-order valence-corrected chi connectivity index (χ0v) is 15.3. The Morgan fingerprint density at radius 2 is 1.85 bits per heavy atom. The number of amides is 1. The molecule has 3 rings (SSSR count). The van der Waals surface area contributed by atoms with Gasteiger partial charge in [0.05, 0.1) is 23.8 Å². The van der Waals surface area contributed by atoms with Crippen molar-refractivity contribution in [3.8, 4) is 5.75 Å². The van der Waals surface area contributed by atoms with Gasteiger partial charge in [-0.25, -0.2) is 13.4 Å². The lowest BCUT2D eigenvalue weighted by molar-refractivity contribution is -0.116. The average Bonchev–Trinajstić information content (AvgIpc) is 2.91. The van der Waals surface area contributed by atoms with Crippen LogP contribution in [0.2, 0.25) is 0 Å². The molecule has 3 aromatic rings. The molecule has 8 heteroatoms. The fourth-order valence-electron chi connectivity index (χ4n) is 2.73. The van der Waals surface area contributed by atoms with E-state index >= 15 is 0 Å². The second kappa shape index (κ2) is 7.17. The molecule has 1 N–H and O–H groups in total. The van der Waals surface area contributed by atoms with Crippen LogP contribution in [0.15, 0.2) is 48.5 Å². The highest BCUT2D eigenvalue weighted by Gasteiger charge is 2.17. The molecule has 0 aliphatic heterocycles. The van der Waals surface area contributed by atoms with E-state index in [1.165, 1.54) is 7.11 Å². The molecular formula is C18H19N3O4S. The third kappa shape index (κ3) is 4.02. The maximum absolute atomic E-state index is 12.5. The highest BCUT2D eigenvalue weighted by Crippen LogP contribution is 2.23. The van der Waals surface area contributed by atoms with Gasteiger partial charge in [-0.2, -0.15) is 0 Å². The SMILES string of the molecule is COc1ccccc1NC(=O)Cn1c(CS(C)(=O)=O)nc2ccccc21. The van der Waals surface area contributed by atoms with Gasteiger partial charge in [0.15, 0.2) is 9.84 Å². The Morgan fingerprint density at radius 3 is 2.58 bits per heavy atom. The minimum absolute atomic E-state index is 0.0522. The second-order valence-corrected chi connectivity index (χ2v) is 8.06. The quantitative estimate of drug-likeness (QED) is 0.716. The number of aromatic nitrogens is 2. The van der Waals surface area contributed by atoms with Gasteiger partial charge in [0.25, 0.3) is 0 Å². The Hall–Kier alpha value is -2.87. The molecule has 136 valence electrons. The lowest BCUT2D eigenvalue weighted by Gasteiger charge is -2.12. The third-order valence-electron chi connectivity index (χ3n) is 3.81. The topological polar surface area (TPSA) is 90.3 Å². The van der Waals surface area contributed by atoms with Crippen LogP contribution in [-0.4, -0.2) is 37.2 Å². The van der Waals surface area contributed by atoms with E-state index in [2.05, 4.69) is 10.3 Å². The van der Waals surface area contributed by atoms with E-state index in [-0.39, 0.29) is 18.2 Å². The summed E-state index contributed by atoms with van der Waals surface area (Å²) in [6.07, 6.45) is 1.14. The Labute approximate surface area is 151 Å². The van der Waals surface area contributed by atoms with Crippen LogP contribution in [0.4, 0.5) is 5.69 Å². The molecule has 0 saturated carbocycles. The van der Waals surface area contributed by atoms with E-state index in [4.69, 9.17) is 4.74 Å². The van der Waals surface area contributed by atoms with E-state index in [9.17, 15) is 13.2 Å². The maximum atomic E-state index is 12.5.